The molecule has 8 nitrogen and oxygen atoms in total. The molecule has 27 heavy (non-hydrogen) atoms. The zero-order chi connectivity index (χ0) is 18.8. The van der Waals surface area contributed by atoms with Crippen molar-refractivity contribution in [3.63, 3.8) is 0 Å². The van der Waals surface area contributed by atoms with Crippen LogP contribution in [0, 0.1) is 0 Å². The van der Waals surface area contributed by atoms with Gasteiger partial charge in [-0.1, -0.05) is 0 Å². The van der Waals surface area contributed by atoms with Gasteiger partial charge in [-0.15, -0.1) is 0 Å². The van der Waals surface area contributed by atoms with Gasteiger partial charge in [-0.3, -0.25) is 14.6 Å². The molecule has 3 aromatic heterocycles. The van der Waals surface area contributed by atoms with Crippen LogP contribution in [0.15, 0.2) is 43.0 Å². The Hall–Kier alpha value is -3.42. The molecule has 0 radical (unpaired) electrons. The van der Waals surface area contributed by atoms with Crippen molar-refractivity contribution in [1.29, 1.82) is 0 Å². The van der Waals surface area contributed by atoms with Crippen molar-refractivity contribution in [3.8, 4) is 16.9 Å². The molecule has 0 fully saturated rings. The molecule has 1 aliphatic heterocycles. The number of amides is 2. The van der Waals surface area contributed by atoms with Gasteiger partial charge in [0.2, 0.25) is 0 Å². The summed E-state index contributed by atoms with van der Waals surface area (Å²) in [5.41, 5.74) is 9.27. The maximum atomic E-state index is 11.6. The molecule has 0 unspecified atom stereocenters. The van der Waals surface area contributed by atoms with Gasteiger partial charge in [0.25, 0.3) is 0 Å². The van der Waals surface area contributed by atoms with Crippen molar-refractivity contribution >= 4 is 11.8 Å². The number of aromatic nitrogens is 4. The summed E-state index contributed by atoms with van der Waals surface area (Å²) in [4.78, 5) is 21.9. The molecule has 2 amide bonds. The summed E-state index contributed by atoms with van der Waals surface area (Å²) >= 11 is 0. The molecule has 3 aromatic rings. The largest absolute Gasteiger partial charge is 0.486 e. The summed E-state index contributed by atoms with van der Waals surface area (Å²) in [6.45, 7) is 1.02. The van der Waals surface area contributed by atoms with Gasteiger partial charge >= 0.3 is 6.03 Å². The van der Waals surface area contributed by atoms with E-state index in [1.54, 1.807) is 29.5 Å². The number of nitrogens with two attached hydrogens (primary N) is 1. The van der Waals surface area contributed by atoms with Crippen LogP contribution in [0.5, 0.6) is 5.75 Å². The van der Waals surface area contributed by atoms with Gasteiger partial charge < -0.3 is 10.5 Å². The summed E-state index contributed by atoms with van der Waals surface area (Å²) in [5.74, 6) is 1.32. The number of pyridine rings is 2. The van der Waals surface area contributed by atoms with E-state index >= 15 is 0 Å². The molecule has 1 aliphatic rings. The highest BCUT2D eigenvalue weighted by molar-refractivity contribution is 5.91. The first-order chi connectivity index (χ1) is 13.1. The summed E-state index contributed by atoms with van der Waals surface area (Å²) in [5, 5.41) is 4.13. The Morgan fingerprint density at radius 2 is 2.11 bits per heavy atom. The fraction of sp³-hybridized carbons (Fsp3) is 0.263. The van der Waals surface area contributed by atoms with E-state index in [9.17, 15) is 4.79 Å². The van der Waals surface area contributed by atoms with Crippen molar-refractivity contribution in [2.24, 2.45) is 12.8 Å². The molecule has 2 N–H and O–H groups in total. The van der Waals surface area contributed by atoms with Crippen LogP contribution in [0.2, 0.25) is 0 Å². The van der Waals surface area contributed by atoms with Gasteiger partial charge in [-0.2, -0.15) is 5.10 Å². The Morgan fingerprint density at radius 3 is 2.89 bits per heavy atom. The second-order valence-corrected chi connectivity index (χ2v) is 6.44. The summed E-state index contributed by atoms with van der Waals surface area (Å²) < 4.78 is 7.61. The van der Waals surface area contributed by atoms with Crippen LogP contribution < -0.4 is 15.4 Å². The molecule has 0 saturated heterocycles. The maximum absolute atomic E-state index is 11.6. The average Bonchev–Trinajstić information content (AvgIpc) is 3.10. The number of ether oxygens (including phenoxy) is 1. The normalized spacial score (nSPS) is 13.3. The van der Waals surface area contributed by atoms with Gasteiger partial charge in [0.15, 0.2) is 0 Å². The molecule has 4 rings (SSSR count). The Morgan fingerprint density at radius 1 is 1.26 bits per heavy atom. The highest BCUT2D eigenvalue weighted by Crippen LogP contribution is 2.30. The number of hydrogen-bond donors (Lipinski definition) is 1. The van der Waals surface area contributed by atoms with E-state index in [1.807, 2.05) is 25.2 Å². The molecule has 0 spiro atoms. The lowest BCUT2D eigenvalue weighted by molar-refractivity contribution is 0.253. The molecule has 4 heterocycles. The van der Waals surface area contributed by atoms with E-state index < -0.39 is 6.03 Å². The van der Waals surface area contributed by atoms with Gasteiger partial charge in [-0.05, 0) is 36.6 Å². The number of fused-ring (bicyclic) bond motifs is 1. The molecule has 0 atom stereocenters. The molecule has 8 heteroatoms. The maximum Gasteiger partial charge on any atom is 0.320 e. The highest BCUT2D eigenvalue weighted by Gasteiger charge is 2.22. The van der Waals surface area contributed by atoms with Crippen molar-refractivity contribution < 1.29 is 9.53 Å². The number of urea groups is 1. The number of carbonyl (C=O) groups excluding carboxylic acids is 1. The number of nitrogens with zero attached hydrogens (tertiary/aromatic N) is 5. The second-order valence-electron chi connectivity index (χ2n) is 6.44. The zero-order valence-electron chi connectivity index (χ0n) is 15.0. The predicted molar refractivity (Wildman–Crippen MR) is 100 cm³/mol. The monoisotopic (exact) mass is 364 g/mol. The standard InChI is InChI=1S/C19H20N6O2/c1-24-16(4-5-23-24)12-27-17-8-15(9-21-11-17)14-7-13-3-2-6-25(19(20)26)18(13)22-10-14/h4-5,7-11H,2-3,6,12H2,1H3,(H2,20,26). The van der Waals surface area contributed by atoms with Crippen LogP contribution in [0.3, 0.4) is 0 Å². The molecule has 0 aromatic carbocycles. The first kappa shape index (κ1) is 17.0. The number of primary amides is 1. The van der Waals surface area contributed by atoms with E-state index in [1.165, 1.54) is 4.90 Å². The van der Waals surface area contributed by atoms with Gasteiger partial charge in [0, 0.05) is 43.3 Å². The molecule has 0 saturated carbocycles. The molecular weight excluding hydrogens is 344 g/mol. The Labute approximate surface area is 156 Å². The van der Waals surface area contributed by atoms with Gasteiger partial charge in [0.05, 0.1) is 11.9 Å². The lowest BCUT2D eigenvalue weighted by atomic mass is 10.0. The number of hydrogen-bond acceptors (Lipinski definition) is 5. The molecule has 0 bridgehead atoms. The number of carbonyl (C=O) groups is 1. The van der Waals surface area contributed by atoms with E-state index in [2.05, 4.69) is 15.1 Å². The fourth-order valence-electron chi connectivity index (χ4n) is 3.19. The minimum atomic E-state index is -0.469. The Balaban J connectivity index is 1.57. The lowest BCUT2D eigenvalue weighted by Gasteiger charge is -2.26. The van der Waals surface area contributed by atoms with Crippen LogP contribution in [-0.2, 0) is 20.1 Å². The molecular formula is C19H20N6O2. The van der Waals surface area contributed by atoms with Crippen LogP contribution in [0.4, 0.5) is 10.6 Å². The van der Waals surface area contributed by atoms with Crippen molar-refractivity contribution in [1.82, 2.24) is 19.7 Å². The minimum Gasteiger partial charge on any atom is -0.486 e. The Bertz CT molecular complexity index is 984. The summed E-state index contributed by atoms with van der Waals surface area (Å²) in [7, 11) is 1.88. The molecule has 138 valence electrons. The minimum absolute atomic E-state index is 0.414. The van der Waals surface area contributed by atoms with Crippen LogP contribution in [0.1, 0.15) is 17.7 Å². The molecule has 0 aliphatic carbocycles. The average molecular weight is 364 g/mol. The lowest BCUT2D eigenvalue weighted by Crippen LogP contribution is -2.40. The fourth-order valence-corrected chi connectivity index (χ4v) is 3.19. The third kappa shape index (κ3) is 3.46. The van der Waals surface area contributed by atoms with E-state index in [0.717, 1.165) is 35.2 Å². The van der Waals surface area contributed by atoms with Gasteiger partial charge in [0.1, 0.15) is 18.2 Å². The second kappa shape index (κ2) is 7.06. The first-order valence-electron chi connectivity index (χ1n) is 8.73. The number of aryl methyl sites for hydroxylation is 2. The van der Waals surface area contributed by atoms with E-state index in [-0.39, 0.29) is 0 Å². The van der Waals surface area contributed by atoms with Gasteiger partial charge in [-0.25, -0.2) is 9.78 Å². The van der Waals surface area contributed by atoms with Crippen molar-refractivity contribution in [2.75, 3.05) is 11.4 Å². The third-order valence-electron chi connectivity index (χ3n) is 4.65. The van der Waals surface area contributed by atoms with Crippen LogP contribution >= 0.6 is 0 Å². The zero-order valence-corrected chi connectivity index (χ0v) is 15.0. The topological polar surface area (TPSA) is 99.2 Å². The van der Waals surface area contributed by atoms with Crippen LogP contribution in [0.25, 0.3) is 11.1 Å². The van der Waals surface area contributed by atoms with Crippen molar-refractivity contribution in [2.45, 2.75) is 19.4 Å². The quantitative estimate of drug-likeness (QED) is 0.766. The first-order valence-corrected chi connectivity index (χ1v) is 8.73. The van der Waals surface area contributed by atoms with E-state index in [4.69, 9.17) is 10.5 Å². The predicted octanol–water partition coefficient (Wildman–Crippen LogP) is 2.29. The Kier molecular flexibility index (Phi) is 4.45. The summed E-state index contributed by atoms with van der Waals surface area (Å²) in [6, 6.07) is 5.42. The highest BCUT2D eigenvalue weighted by atomic mass is 16.5. The smallest absolute Gasteiger partial charge is 0.320 e. The SMILES string of the molecule is Cn1nccc1COc1cncc(-c2cnc3c(c2)CCCN3C(N)=O)c1. The van der Waals surface area contributed by atoms with Crippen LogP contribution in [-0.4, -0.2) is 32.3 Å². The third-order valence-corrected chi connectivity index (χ3v) is 4.65. The number of rotatable bonds is 4. The summed E-state index contributed by atoms with van der Waals surface area (Å²) in [6.07, 6.45) is 8.66. The van der Waals surface area contributed by atoms with Crippen molar-refractivity contribution in [3.05, 3.63) is 54.2 Å². The number of anilines is 1. The van der Waals surface area contributed by atoms with E-state index in [0.29, 0.717) is 24.7 Å².